The van der Waals surface area contributed by atoms with Crippen molar-refractivity contribution in [2.24, 2.45) is 10.2 Å². The first-order chi connectivity index (χ1) is 12.6. The molecular formula is C21H18CuN2O3. The van der Waals surface area contributed by atoms with E-state index in [-0.39, 0.29) is 28.7 Å². The van der Waals surface area contributed by atoms with Crippen molar-refractivity contribution in [1.82, 2.24) is 0 Å². The number of rotatable bonds is 5. The topological polar surface area (TPSA) is 80.1 Å². The van der Waals surface area contributed by atoms with Gasteiger partial charge >= 0.3 is 17.1 Å². The molecule has 0 saturated carbocycles. The maximum Gasteiger partial charge on any atom is 2.00 e. The molecule has 1 unspecified atom stereocenters. The molecule has 141 valence electrons. The van der Waals surface area contributed by atoms with Crippen molar-refractivity contribution < 1.29 is 32.0 Å². The fraction of sp³-hybridized carbons (Fsp3) is 0.143. The molecule has 6 heteroatoms. The summed E-state index contributed by atoms with van der Waals surface area (Å²) in [6.45, 7) is 1.79. The molecule has 0 aliphatic carbocycles. The number of hydrogen-bond acceptors (Lipinski definition) is 5. The van der Waals surface area contributed by atoms with E-state index in [2.05, 4.69) is 10.2 Å². The third kappa shape index (κ3) is 4.88. The molecule has 3 rings (SSSR count). The molecule has 1 radical (unpaired) electrons. The zero-order valence-corrected chi connectivity index (χ0v) is 15.8. The van der Waals surface area contributed by atoms with Crippen LogP contribution >= 0.6 is 0 Å². The van der Waals surface area contributed by atoms with Gasteiger partial charge in [-0.05, 0) is 39.9 Å². The minimum Gasteiger partial charge on any atom is -0.872 e. The van der Waals surface area contributed by atoms with Crippen LogP contribution in [-0.4, -0.2) is 19.2 Å². The zero-order valence-electron chi connectivity index (χ0n) is 14.8. The summed E-state index contributed by atoms with van der Waals surface area (Å²) < 4.78 is 5.22. The number of nitrogens with zero attached hydrogens (tertiary/aromatic N) is 2. The second-order valence-electron chi connectivity index (χ2n) is 5.91. The monoisotopic (exact) mass is 409 g/mol. The Kier molecular flexibility index (Phi) is 6.99. The molecule has 0 spiro atoms. The van der Waals surface area contributed by atoms with Crippen LogP contribution < -0.4 is 14.9 Å². The molecule has 0 bridgehead atoms. The van der Waals surface area contributed by atoms with Crippen LogP contribution in [0.25, 0.3) is 10.8 Å². The van der Waals surface area contributed by atoms with Gasteiger partial charge in [0, 0.05) is 5.92 Å². The summed E-state index contributed by atoms with van der Waals surface area (Å²) in [7, 11) is 1.63. The van der Waals surface area contributed by atoms with Gasteiger partial charge in [-0.15, -0.1) is 0 Å². The van der Waals surface area contributed by atoms with E-state index in [0.717, 1.165) is 22.1 Å². The largest absolute Gasteiger partial charge is 2.00 e. The Labute approximate surface area is 168 Å². The zero-order chi connectivity index (χ0) is 18.5. The fourth-order valence-corrected chi connectivity index (χ4v) is 2.60. The maximum absolute atomic E-state index is 12.3. The third-order valence-electron chi connectivity index (χ3n) is 4.21. The third-order valence-corrected chi connectivity index (χ3v) is 4.21. The molecule has 3 aromatic rings. The van der Waals surface area contributed by atoms with Crippen LogP contribution in [0.3, 0.4) is 0 Å². The summed E-state index contributed by atoms with van der Waals surface area (Å²) >= 11 is 0. The standard InChI is InChI=1S/C21H20N2O3.Cu/c1-14(21(25)23-22-13-18-5-3-4-6-20(18)24)15-7-8-17-12-19(26-2)10-9-16(17)11-15;/h3-14,24H,1-2H3,(H,23,25);/q;+2/p-2/b22-13-;. The first-order valence-electron chi connectivity index (χ1n) is 8.20. The van der Waals surface area contributed by atoms with E-state index >= 15 is 0 Å². The summed E-state index contributed by atoms with van der Waals surface area (Å²) in [6.07, 6.45) is 1.31. The van der Waals surface area contributed by atoms with Crippen molar-refractivity contribution in [3.8, 4) is 11.5 Å². The van der Waals surface area contributed by atoms with Crippen LogP contribution in [0.5, 0.6) is 11.5 Å². The van der Waals surface area contributed by atoms with Crippen LogP contribution in [0.15, 0.2) is 70.9 Å². The molecule has 0 aliphatic heterocycles. The Morgan fingerprint density at radius 2 is 1.74 bits per heavy atom. The SMILES string of the molecule is COc1ccc2cc(C(C)/C([O-])=N/N=C\c3ccccc3[O-])ccc2c1.[Cu+2]. The van der Waals surface area contributed by atoms with Crippen molar-refractivity contribution in [1.29, 1.82) is 0 Å². The fourth-order valence-electron chi connectivity index (χ4n) is 2.60. The van der Waals surface area contributed by atoms with E-state index in [4.69, 9.17) is 4.74 Å². The Balaban J connectivity index is 0.00000261. The number of para-hydroxylation sites is 1. The normalized spacial score (nSPS) is 12.7. The summed E-state index contributed by atoms with van der Waals surface area (Å²) in [6, 6.07) is 18.1. The Bertz CT molecular complexity index is 986. The van der Waals surface area contributed by atoms with Gasteiger partial charge in [-0.25, -0.2) is 0 Å². The number of methoxy groups -OCH3 is 1. The molecule has 0 amide bonds. The molecule has 5 nitrogen and oxygen atoms in total. The van der Waals surface area contributed by atoms with E-state index in [9.17, 15) is 10.2 Å². The van der Waals surface area contributed by atoms with Crippen molar-refractivity contribution in [3.63, 3.8) is 0 Å². The minimum atomic E-state index is -0.429. The van der Waals surface area contributed by atoms with Gasteiger partial charge in [-0.1, -0.05) is 61.2 Å². The smallest absolute Gasteiger partial charge is 0.872 e. The molecule has 3 aromatic carbocycles. The summed E-state index contributed by atoms with van der Waals surface area (Å²) in [5, 5.41) is 33.4. The van der Waals surface area contributed by atoms with Crippen molar-refractivity contribution in [2.45, 2.75) is 12.8 Å². The molecule has 0 heterocycles. The first-order valence-corrected chi connectivity index (χ1v) is 8.20. The van der Waals surface area contributed by atoms with E-state index in [1.807, 2.05) is 36.4 Å². The quantitative estimate of drug-likeness (QED) is 0.281. The van der Waals surface area contributed by atoms with Gasteiger partial charge in [0.2, 0.25) is 0 Å². The van der Waals surface area contributed by atoms with Crippen molar-refractivity contribution >= 4 is 22.9 Å². The Morgan fingerprint density at radius 1 is 1.04 bits per heavy atom. The second kappa shape index (κ2) is 9.21. The minimum absolute atomic E-state index is 0. The summed E-state index contributed by atoms with van der Waals surface area (Å²) in [5.74, 6) is -0.159. The van der Waals surface area contributed by atoms with E-state index in [1.54, 1.807) is 32.2 Å². The molecule has 0 fully saturated rings. The van der Waals surface area contributed by atoms with Crippen molar-refractivity contribution in [3.05, 3.63) is 71.8 Å². The molecule has 27 heavy (non-hydrogen) atoms. The van der Waals surface area contributed by atoms with Gasteiger partial charge in [-0.3, -0.25) is 0 Å². The van der Waals surface area contributed by atoms with Gasteiger partial charge in [0.25, 0.3) is 0 Å². The molecule has 1 atom stereocenters. The van der Waals surface area contributed by atoms with Crippen LogP contribution in [0.2, 0.25) is 0 Å². The molecule has 0 saturated heterocycles. The van der Waals surface area contributed by atoms with Crippen molar-refractivity contribution in [2.75, 3.05) is 7.11 Å². The Morgan fingerprint density at radius 3 is 2.48 bits per heavy atom. The second-order valence-corrected chi connectivity index (χ2v) is 5.91. The average molecular weight is 410 g/mol. The Hall–Kier alpha value is -2.82. The van der Waals surface area contributed by atoms with Gasteiger partial charge in [-0.2, -0.15) is 10.2 Å². The predicted octanol–water partition coefficient (Wildman–Crippen LogP) is 2.82. The van der Waals surface area contributed by atoms with Gasteiger partial charge in [0.05, 0.1) is 13.3 Å². The molecule has 0 aliphatic rings. The van der Waals surface area contributed by atoms with Gasteiger partial charge in [0.1, 0.15) is 5.75 Å². The van der Waals surface area contributed by atoms with Gasteiger partial charge in [0.15, 0.2) is 0 Å². The van der Waals surface area contributed by atoms with E-state index in [1.165, 1.54) is 12.3 Å². The molecule has 0 N–H and O–H groups in total. The summed E-state index contributed by atoms with van der Waals surface area (Å²) in [4.78, 5) is 0. The first kappa shape index (κ1) is 20.5. The predicted molar refractivity (Wildman–Crippen MR) is 99.8 cm³/mol. The number of benzene rings is 3. The molecule has 0 aromatic heterocycles. The number of hydrogen-bond donors (Lipinski definition) is 0. The van der Waals surface area contributed by atoms with E-state index in [0.29, 0.717) is 5.56 Å². The molecular weight excluding hydrogens is 392 g/mol. The van der Waals surface area contributed by atoms with Crippen LogP contribution in [0, 0.1) is 0 Å². The van der Waals surface area contributed by atoms with E-state index < -0.39 is 5.92 Å². The summed E-state index contributed by atoms with van der Waals surface area (Å²) in [5.41, 5.74) is 1.26. The average Bonchev–Trinajstić information content (AvgIpc) is 2.67. The van der Waals surface area contributed by atoms with Gasteiger partial charge < -0.3 is 14.9 Å². The van der Waals surface area contributed by atoms with Crippen LogP contribution in [-0.2, 0) is 17.1 Å². The maximum atomic E-state index is 12.3. The number of fused-ring (bicyclic) bond motifs is 1. The van der Waals surface area contributed by atoms with Crippen LogP contribution in [0.4, 0.5) is 0 Å². The van der Waals surface area contributed by atoms with Crippen LogP contribution in [0.1, 0.15) is 24.0 Å². The number of ether oxygens (including phenoxy) is 1.